The quantitative estimate of drug-likeness (QED) is 0.462. The van der Waals surface area contributed by atoms with Crippen molar-refractivity contribution >= 4 is 16.8 Å². The van der Waals surface area contributed by atoms with Gasteiger partial charge in [-0.3, -0.25) is 9.59 Å². The number of nitrogens with zero attached hydrogens (tertiary/aromatic N) is 5. The lowest BCUT2D eigenvalue weighted by molar-refractivity contribution is -0.124. The van der Waals surface area contributed by atoms with Crippen molar-refractivity contribution in [3.8, 4) is 11.5 Å². The Balaban J connectivity index is 1.92. The minimum absolute atomic E-state index is 0.302. The number of nitrogens with one attached hydrogen (secondary N) is 1. The van der Waals surface area contributed by atoms with E-state index in [-0.39, 0.29) is 11.5 Å². The summed E-state index contributed by atoms with van der Waals surface area (Å²) in [6.07, 6.45) is 3.71. The Kier molecular flexibility index (Phi) is 5.68. The second-order valence-electron chi connectivity index (χ2n) is 7.18. The largest absolute Gasteiger partial charge is 0.383 e. The number of fused-ring (bicyclic) bond motifs is 1. The molecule has 0 aliphatic heterocycles. The van der Waals surface area contributed by atoms with Gasteiger partial charge in [0.2, 0.25) is 5.91 Å². The van der Waals surface area contributed by atoms with Gasteiger partial charge in [0, 0.05) is 26.0 Å². The van der Waals surface area contributed by atoms with E-state index in [1.807, 2.05) is 59.4 Å². The SMILES string of the molecule is COCCNC(=O)[C@H](C)n1nc(C)c2nn(-c3ccccc3)c(-n3cccc3)c2c1=O. The molecule has 0 radical (unpaired) electrons. The Morgan fingerprint density at radius 2 is 1.84 bits per heavy atom. The number of ether oxygens (including phenoxy) is 1. The standard InChI is InChI=1S/C22H24N6O3/c1-15-19-18(22(30)27(24-15)16(2)20(29)23-11-14-31-3)21(26-12-7-8-13-26)28(25-19)17-9-5-4-6-10-17/h4-10,12-13,16H,11,14H2,1-3H3,(H,23,29)/t16-/m0/s1. The molecule has 4 aromatic rings. The molecule has 1 amide bonds. The summed E-state index contributed by atoms with van der Waals surface area (Å²) in [4.78, 5) is 26.1. The number of carbonyl (C=O) groups excluding carboxylic acids is 1. The van der Waals surface area contributed by atoms with Crippen molar-refractivity contribution in [1.82, 2.24) is 29.4 Å². The average molecular weight is 420 g/mol. The highest BCUT2D eigenvalue weighted by Gasteiger charge is 2.25. The van der Waals surface area contributed by atoms with Gasteiger partial charge in [-0.05, 0) is 38.1 Å². The first-order valence-corrected chi connectivity index (χ1v) is 10.0. The Hall–Kier alpha value is -3.72. The van der Waals surface area contributed by atoms with Crippen molar-refractivity contribution in [2.75, 3.05) is 20.3 Å². The van der Waals surface area contributed by atoms with Gasteiger partial charge in [-0.25, -0.2) is 9.36 Å². The molecule has 0 spiro atoms. The summed E-state index contributed by atoms with van der Waals surface area (Å²) in [6, 6.07) is 12.6. The van der Waals surface area contributed by atoms with Gasteiger partial charge in [0.15, 0.2) is 5.82 Å². The van der Waals surface area contributed by atoms with E-state index < -0.39 is 6.04 Å². The summed E-state index contributed by atoms with van der Waals surface area (Å²) in [5.74, 6) is 0.297. The fourth-order valence-corrected chi connectivity index (χ4v) is 3.49. The summed E-state index contributed by atoms with van der Waals surface area (Å²) in [7, 11) is 1.56. The van der Waals surface area contributed by atoms with Crippen LogP contribution in [0.15, 0.2) is 59.7 Å². The van der Waals surface area contributed by atoms with Crippen LogP contribution in [0.4, 0.5) is 0 Å². The van der Waals surface area contributed by atoms with Crippen LogP contribution in [-0.2, 0) is 9.53 Å². The molecule has 0 aliphatic carbocycles. The molecule has 0 aliphatic rings. The Bertz CT molecular complexity index is 1260. The number of para-hydroxylation sites is 1. The van der Waals surface area contributed by atoms with Crippen LogP contribution in [-0.4, -0.2) is 50.3 Å². The number of methoxy groups -OCH3 is 1. The van der Waals surface area contributed by atoms with Crippen molar-refractivity contribution < 1.29 is 9.53 Å². The van der Waals surface area contributed by atoms with E-state index >= 15 is 0 Å². The van der Waals surface area contributed by atoms with E-state index in [0.717, 1.165) is 5.69 Å². The number of aromatic nitrogens is 5. The van der Waals surface area contributed by atoms with Crippen molar-refractivity contribution in [3.63, 3.8) is 0 Å². The third-order valence-electron chi connectivity index (χ3n) is 5.08. The molecule has 9 heteroatoms. The minimum Gasteiger partial charge on any atom is -0.383 e. The first-order valence-electron chi connectivity index (χ1n) is 10.0. The van der Waals surface area contributed by atoms with E-state index in [0.29, 0.717) is 35.6 Å². The van der Waals surface area contributed by atoms with E-state index in [1.165, 1.54) is 4.68 Å². The first-order chi connectivity index (χ1) is 15.0. The molecule has 160 valence electrons. The van der Waals surface area contributed by atoms with Crippen LogP contribution >= 0.6 is 0 Å². The maximum absolute atomic E-state index is 13.5. The first kappa shape index (κ1) is 20.5. The molecular weight excluding hydrogens is 396 g/mol. The average Bonchev–Trinajstić information content (AvgIpc) is 3.44. The van der Waals surface area contributed by atoms with E-state index in [2.05, 4.69) is 10.4 Å². The fraction of sp³-hybridized carbons (Fsp3) is 0.273. The zero-order chi connectivity index (χ0) is 22.0. The predicted octanol–water partition coefficient (Wildman–Crippen LogP) is 2.00. The second-order valence-corrected chi connectivity index (χ2v) is 7.18. The molecule has 1 aromatic carbocycles. The summed E-state index contributed by atoms with van der Waals surface area (Å²) < 4.78 is 9.77. The van der Waals surface area contributed by atoms with Crippen molar-refractivity contribution in [1.29, 1.82) is 0 Å². The zero-order valence-corrected chi connectivity index (χ0v) is 17.6. The predicted molar refractivity (Wildman–Crippen MR) is 117 cm³/mol. The summed E-state index contributed by atoms with van der Waals surface area (Å²) in [5.41, 5.74) is 1.51. The molecular formula is C22H24N6O3. The highest BCUT2D eigenvalue weighted by molar-refractivity contribution is 5.88. The molecule has 1 atom stereocenters. The number of amides is 1. The van der Waals surface area contributed by atoms with Crippen LogP contribution in [0.3, 0.4) is 0 Å². The van der Waals surface area contributed by atoms with E-state index in [1.54, 1.807) is 25.6 Å². The summed E-state index contributed by atoms with van der Waals surface area (Å²) >= 11 is 0. The van der Waals surface area contributed by atoms with Crippen LogP contribution < -0.4 is 10.9 Å². The smallest absolute Gasteiger partial charge is 0.280 e. The lowest BCUT2D eigenvalue weighted by atomic mass is 10.2. The van der Waals surface area contributed by atoms with Crippen LogP contribution in [0.2, 0.25) is 0 Å². The Morgan fingerprint density at radius 3 is 2.52 bits per heavy atom. The van der Waals surface area contributed by atoms with Gasteiger partial charge < -0.3 is 14.6 Å². The van der Waals surface area contributed by atoms with Crippen molar-refractivity contribution in [2.24, 2.45) is 0 Å². The molecule has 0 unspecified atom stereocenters. The molecule has 3 aromatic heterocycles. The van der Waals surface area contributed by atoms with Crippen molar-refractivity contribution in [3.05, 3.63) is 70.9 Å². The second kappa shape index (κ2) is 8.57. The topological polar surface area (TPSA) is 96.0 Å². The lowest BCUT2D eigenvalue weighted by Crippen LogP contribution is -2.38. The number of benzene rings is 1. The third-order valence-corrected chi connectivity index (χ3v) is 5.08. The number of carbonyl (C=O) groups is 1. The van der Waals surface area contributed by atoms with Crippen molar-refractivity contribution in [2.45, 2.75) is 19.9 Å². The maximum Gasteiger partial charge on any atom is 0.280 e. The van der Waals surface area contributed by atoms with Gasteiger partial charge in [-0.15, -0.1) is 0 Å². The van der Waals surface area contributed by atoms with E-state index in [9.17, 15) is 9.59 Å². The van der Waals surface area contributed by atoms with Gasteiger partial charge in [-0.2, -0.15) is 10.2 Å². The van der Waals surface area contributed by atoms with Crippen LogP contribution in [0, 0.1) is 6.92 Å². The van der Waals surface area contributed by atoms with E-state index in [4.69, 9.17) is 9.84 Å². The summed E-state index contributed by atoms with van der Waals surface area (Å²) in [5, 5.41) is 12.3. The number of hydrogen-bond acceptors (Lipinski definition) is 5. The Morgan fingerprint density at radius 1 is 1.13 bits per heavy atom. The lowest BCUT2D eigenvalue weighted by Gasteiger charge is -2.15. The van der Waals surface area contributed by atoms with Gasteiger partial charge in [0.05, 0.1) is 18.0 Å². The molecule has 3 heterocycles. The Labute approximate surface area is 178 Å². The molecule has 0 bridgehead atoms. The maximum atomic E-state index is 13.5. The van der Waals surface area contributed by atoms with Crippen LogP contribution in [0.5, 0.6) is 0 Å². The zero-order valence-electron chi connectivity index (χ0n) is 17.6. The molecule has 4 rings (SSSR count). The van der Waals surface area contributed by atoms with Gasteiger partial charge in [0.25, 0.3) is 5.56 Å². The molecule has 0 saturated carbocycles. The minimum atomic E-state index is -0.787. The van der Waals surface area contributed by atoms with Crippen LogP contribution in [0.1, 0.15) is 18.7 Å². The molecule has 0 fully saturated rings. The van der Waals surface area contributed by atoms with Gasteiger partial charge in [-0.1, -0.05) is 18.2 Å². The monoisotopic (exact) mass is 420 g/mol. The molecule has 9 nitrogen and oxygen atoms in total. The number of aryl methyl sites for hydroxylation is 1. The molecule has 0 saturated heterocycles. The molecule has 1 N–H and O–H groups in total. The fourth-order valence-electron chi connectivity index (χ4n) is 3.49. The number of hydrogen-bond donors (Lipinski definition) is 1. The normalized spacial score (nSPS) is 12.2. The highest BCUT2D eigenvalue weighted by atomic mass is 16.5. The van der Waals surface area contributed by atoms with Gasteiger partial charge >= 0.3 is 0 Å². The number of rotatable bonds is 7. The third kappa shape index (κ3) is 3.75. The molecule has 31 heavy (non-hydrogen) atoms. The highest BCUT2D eigenvalue weighted by Crippen LogP contribution is 2.25. The van der Waals surface area contributed by atoms with Crippen LogP contribution in [0.25, 0.3) is 22.4 Å². The van der Waals surface area contributed by atoms with Gasteiger partial charge in [0.1, 0.15) is 16.9 Å². The summed E-state index contributed by atoms with van der Waals surface area (Å²) in [6.45, 7) is 4.19.